The van der Waals surface area contributed by atoms with Gasteiger partial charge in [-0.05, 0) is 35.4 Å². The summed E-state index contributed by atoms with van der Waals surface area (Å²) >= 11 is 1.08. The summed E-state index contributed by atoms with van der Waals surface area (Å²) in [6, 6.07) is 12.8. The molecule has 0 aliphatic heterocycles. The van der Waals surface area contributed by atoms with E-state index in [1.54, 1.807) is 32.5 Å². The van der Waals surface area contributed by atoms with Gasteiger partial charge in [-0.25, -0.2) is 4.98 Å². The number of nitrogens with zero attached hydrogens (tertiary/aromatic N) is 4. The first-order valence-electron chi connectivity index (χ1n) is 10.1. The average Bonchev–Trinajstić information content (AvgIpc) is 3.36. The van der Waals surface area contributed by atoms with Gasteiger partial charge in [0.1, 0.15) is 28.7 Å². The molecule has 0 atom stereocenters. The van der Waals surface area contributed by atoms with Gasteiger partial charge in [-0.2, -0.15) is 0 Å². The fourth-order valence-corrected chi connectivity index (χ4v) is 3.36. The van der Waals surface area contributed by atoms with E-state index in [4.69, 9.17) is 18.6 Å². The molecular weight excluding hydrogens is 456 g/mol. The van der Waals surface area contributed by atoms with E-state index in [1.165, 1.54) is 12.4 Å². The Kier molecular flexibility index (Phi) is 7.51. The minimum Gasteiger partial charge on any atom is -0.497 e. The van der Waals surface area contributed by atoms with Crippen molar-refractivity contribution in [2.45, 2.75) is 5.22 Å². The maximum atomic E-state index is 12.2. The number of carbonyl (C=O) groups is 1. The molecule has 9 nitrogen and oxygen atoms in total. The van der Waals surface area contributed by atoms with E-state index < -0.39 is 5.97 Å². The third-order valence-corrected chi connectivity index (χ3v) is 5.25. The smallest absolute Gasteiger partial charge is 0.321 e. The van der Waals surface area contributed by atoms with Gasteiger partial charge in [0.25, 0.3) is 11.1 Å². The van der Waals surface area contributed by atoms with E-state index in [1.807, 2.05) is 42.5 Å². The molecule has 0 saturated heterocycles. The number of esters is 1. The Morgan fingerprint density at radius 3 is 2.35 bits per heavy atom. The molecular formula is C24H20N4O5S. The molecule has 0 radical (unpaired) electrons. The van der Waals surface area contributed by atoms with Crippen LogP contribution in [-0.2, 0) is 4.79 Å². The van der Waals surface area contributed by atoms with Crippen LogP contribution in [0.4, 0.5) is 0 Å². The van der Waals surface area contributed by atoms with Crippen LogP contribution in [0, 0.1) is 0 Å². The summed E-state index contributed by atoms with van der Waals surface area (Å²) in [5.41, 5.74) is 2.34. The van der Waals surface area contributed by atoms with Gasteiger partial charge in [-0.1, -0.05) is 36.0 Å². The molecule has 0 unspecified atom stereocenters. The fraction of sp³-hybridized carbons (Fsp3) is 0.125. The van der Waals surface area contributed by atoms with Gasteiger partial charge >= 0.3 is 5.97 Å². The van der Waals surface area contributed by atoms with Crippen molar-refractivity contribution in [2.24, 2.45) is 0 Å². The first-order valence-corrected chi connectivity index (χ1v) is 11.1. The standard InChI is InChI=1S/C24H20N4O5S/c1-30-19-11-17(12-20(13-19)31-2)4-3-16-5-7-18(8-6-16)32-22(29)15-34-24-28-27-23(33-24)21-14-25-9-10-26-21/h3-14H,15H2,1-2H3/b4-3+. The number of hydrogen-bond acceptors (Lipinski definition) is 10. The van der Waals surface area contributed by atoms with Gasteiger partial charge in [-0.3, -0.25) is 9.78 Å². The van der Waals surface area contributed by atoms with E-state index in [0.29, 0.717) is 22.9 Å². The van der Waals surface area contributed by atoms with Crippen LogP contribution in [0.3, 0.4) is 0 Å². The highest BCUT2D eigenvalue weighted by Crippen LogP contribution is 2.25. The van der Waals surface area contributed by atoms with Crippen LogP contribution in [0.5, 0.6) is 17.2 Å². The molecule has 2 aromatic heterocycles. The highest BCUT2D eigenvalue weighted by atomic mass is 32.2. The van der Waals surface area contributed by atoms with Gasteiger partial charge in [0.05, 0.1) is 20.4 Å². The van der Waals surface area contributed by atoms with Crippen molar-refractivity contribution in [2.75, 3.05) is 20.0 Å². The molecule has 0 fully saturated rings. The van der Waals surface area contributed by atoms with Gasteiger partial charge in [0.2, 0.25) is 0 Å². The summed E-state index contributed by atoms with van der Waals surface area (Å²) in [6.07, 6.45) is 8.48. The third kappa shape index (κ3) is 6.20. The highest BCUT2D eigenvalue weighted by molar-refractivity contribution is 7.99. The zero-order valence-electron chi connectivity index (χ0n) is 18.4. The average molecular weight is 477 g/mol. The molecule has 2 heterocycles. The largest absolute Gasteiger partial charge is 0.497 e. The number of methoxy groups -OCH3 is 2. The van der Waals surface area contributed by atoms with Crippen LogP contribution >= 0.6 is 11.8 Å². The predicted molar refractivity (Wildman–Crippen MR) is 127 cm³/mol. The zero-order chi connectivity index (χ0) is 23.8. The van der Waals surface area contributed by atoms with E-state index in [9.17, 15) is 4.79 Å². The lowest BCUT2D eigenvalue weighted by Gasteiger charge is -2.06. The summed E-state index contributed by atoms with van der Waals surface area (Å²) < 4.78 is 21.4. The van der Waals surface area contributed by atoms with Gasteiger partial charge in [0, 0.05) is 18.5 Å². The van der Waals surface area contributed by atoms with Crippen LogP contribution in [0.1, 0.15) is 11.1 Å². The van der Waals surface area contributed by atoms with Gasteiger partial charge in [0.15, 0.2) is 0 Å². The van der Waals surface area contributed by atoms with Crippen molar-refractivity contribution >= 4 is 29.9 Å². The van der Waals surface area contributed by atoms with Crippen LogP contribution in [0.25, 0.3) is 23.7 Å². The molecule has 34 heavy (non-hydrogen) atoms. The van der Waals surface area contributed by atoms with Crippen LogP contribution < -0.4 is 14.2 Å². The third-order valence-electron chi connectivity index (χ3n) is 4.46. The van der Waals surface area contributed by atoms with Crippen molar-refractivity contribution in [3.05, 3.63) is 72.2 Å². The molecule has 0 aliphatic rings. The van der Waals surface area contributed by atoms with Crippen LogP contribution in [0.15, 0.2) is 70.7 Å². The Balaban J connectivity index is 1.30. The first-order chi connectivity index (χ1) is 16.6. The second-order valence-corrected chi connectivity index (χ2v) is 7.70. The number of aromatic nitrogens is 4. The Morgan fingerprint density at radius 1 is 0.941 bits per heavy atom. The summed E-state index contributed by atoms with van der Waals surface area (Å²) in [4.78, 5) is 20.2. The molecule has 10 heteroatoms. The Morgan fingerprint density at radius 2 is 1.68 bits per heavy atom. The van der Waals surface area contributed by atoms with Crippen LogP contribution in [0.2, 0.25) is 0 Å². The second kappa shape index (κ2) is 11.1. The number of carbonyl (C=O) groups excluding carboxylic acids is 1. The lowest BCUT2D eigenvalue weighted by molar-refractivity contribution is -0.131. The predicted octanol–water partition coefficient (Wildman–Crippen LogP) is 4.41. The normalized spacial score (nSPS) is 10.9. The molecule has 0 saturated carbocycles. The number of thioether (sulfide) groups is 1. The Hall–Kier alpha value is -4.18. The summed E-state index contributed by atoms with van der Waals surface area (Å²) in [5.74, 6) is 1.68. The molecule has 0 aliphatic carbocycles. The van der Waals surface area contributed by atoms with E-state index in [0.717, 1.165) is 22.9 Å². The molecule has 0 bridgehead atoms. The summed E-state index contributed by atoms with van der Waals surface area (Å²) in [5, 5.41) is 8.04. The monoisotopic (exact) mass is 476 g/mol. The van der Waals surface area contributed by atoms with E-state index >= 15 is 0 Å². The van der Waals surface area contributed by atoms with Crippen molar-refractivity contribution in [3.63, 3.8) is 0 Å². The molecule has 2 aromatic carbocycles. The van der Waals surface area contributed by atoms with Crippen molar-refractivity contribution < 1.29 is 23.4 Å². The quantitative estimate of drug-likeness (QED) is 0.149. The SMILES string of the molecule is COc1cc(/C=C/c2ccc(OC(=O)CSc3nnc(-c4cnccn4)o3)cc2)cc(OC)c1. The van der Waals surface area contributed by atoms with E-state index in [2.05, 4.69) is 20.2 Å². The highest BCUT2D eigenvalue weighted by Gasteiger charge is 2.13. The van der Waals surface area contributed by atoms with E-state index in [-0.39, 0.29) is 16.9 Å². The van der Waals surface area contributed by atoms with Gasteiger partial charge < -0.3 is 18.6 Å². The fourth-order valence-electron chi connectivity index (χ4n) is 2.83. The van der Waals surface area contributed by atoms with Gasteiger partial charge in [-0.15, -0.1) is 10.2 Å². The maximum Gasteiger partial charge on any atom is 0.321 e. The molecule has 172 valence electrons. The second-order valence-electron chi connectivity index (χ2n) is 6.77. The minimum atomic E-state index is -0.434. The van der Waals surface area contributed by atoms with Crippen molar-refractivity contribution in [3.8, 4) is 28.8 Å². The molecule has 4 aromatic rings. The molecule has 0 N–H and O–H groups in total. The number of hydrogen-bond donors (Lipinski definition) is 0. The topological polar surface area (TPSA) is 109 Å². The maximum absolute atomic E-state index is 12.2. The number of rotatable bonds is 9. The molecule has 0 amide bonds. The van der Waals surface area contributed by atoms with Crippen molar-refractivity contribution in [1.82, 2.24) is 20.2 Å². The van der Waals surface area contributed by atoms with Crippen molar-refractivity contribution in [1.29, 1.82) is 0 Å². The Bertz CT molecular complexity index is 1250. The Labute approximate surface area is 199 Å². The molecule has 4 rings (SSSR count). The first kappa shape index (κ1) is 23.0. The summed E-state index contributed by atoms with van der Waals surface area (Å²) in [6.45, 7) is 0. The summed E-state index contributed by atoms with van der Waals surface area (Å²) in [7, 11) is 3.22. The molecule has 0 spiro atoms. The number of ether oxygens (including phenoxy) is 3. The zero-order valence-corrected chi connectivity index (χ0v) is 19.2. The van der Waals surface area contributed by atoms with Crippen LogP contribution in [-0.4, -0.2) is 46.1 Å². The number of benzene rings is 2. The lowest BCUT2D eigenvalue weighted by Crippen LogP contribution is -2.10. The lowest BCUT2D eigenvalue weighted by atomic mass is 10.1. The minimum absolute atomic E-state index is 0.0153.